The molecule has 0 amide bonds. The minimum atomic E-state index is -0.309. The monoisotopic (exact) mass is 466 g/mol. The summed E-state index contributed by atoms with van der Waals surface area (Å²) < 4.78 is 5.89. The lowest BCUT2D eigenvalue weighted by atomic mass is 9.83. The van der Waals surface area contributed by atoms with E-state index in [1.54, 1.807) is 12.4 Å². The van der Waals surface area contributed by atoms with Crippen LogP contribution in [0.5, 0.6) is 0 Å². The topological polar surface area (TPSA) is 68.2 Å². The van der Waals surface area contributed by atoms with Gasteiger partial charge in [-0.1, -0.05) is 18.2 Å². The van der Waals surface area contributed by atoms with E-state index in [1.807, 2.05) is 42.7 Å². The van der Waals surface area contributed by atoms with E-state index in [4.69, 9.17) is 9.72 Å². The van der Waals surface area contributed by atoms with Gasteiger partial charge in [-0.2, -0.15) is 0 Å². The minimum Gasteiger partial charge on any atom is -0.468 e. The van der Waals surface area contributed by atoms with Crippen LogP contribution in [0.2, 0.25) is 0 Å². The highest BCUT2D eigenvalue weighted by molar-refractivity contribution is 9.10. The molecule has 0 bridgehead atoms. The summed E-state index contributed by atoms with van der Waals surface area (Å²) in [5.74, 6) is -0.303. The van der Waals surface area contributed by atoms with Gasteiger partial charge in [0.25, 0.3) is 0 Å². The Morgan fingerprint density at radius 2 is 1.80 bits per heavy atom. The molecule has 6 nitrogen and oxygen atoms in total. The van der Waals surface area contributed by atoms with Crippen molar-refractivity contribution in [1.29, 1.82) is 0 Å². The molecule has 0 spiro atoms. The largest absolute Gasteiger partial charge is 0.468 e. The van der Waals surface area contributed by atoms with Crippen molar-refractivity contribution in [3.8, 4) is 0 Å². The number of carbonyl (C=O) groups excluding carboxylic acids is 1. The van der Waals surface area contributed by atoms with Crippen molar-refractivity contribution in [3.63, 3.8) is 0 Å². The third-order valence-electron chi connectivity index (χ3n) is 5.57. The van der Waals surface area contributed by atoms with Crippen LogP contribution in [0.15, 0.2) is 71.9 Å². The Hall–Kier alpha value is -2.64. The number of methoxy groups -OCH3 is 1. The molecule has 0 saturated carbocycles. The number of hydrogen-bond donors (Lipinski definition) is 0. The van der Waals surface area contributed by atoms with Crippen molar-refractivity contribution >= 4 is 21.9 Å². The Balaban J connectivity index is 1.89. The van der Waals surface area contributed by atoms with E-state index in [-0.39, 0.29) is 24.0 Å². The number of halogens is 1. The van der Waals surface area contributed by atoms with Gasteiger partial charge in [-0.3, -0.25) is 19.7 Å². The summed E-state index contributed by atoms with van der Waals surface area (Å²) in [6.07, 6.45) is 8.99. The van der Waals surface area contributed by atoms with Crippen LogP contribution in [0, 0.1) is 0 Å². The Morgan fingerprint density at radius 3 is 2.37 bits per heavy atom. The summed E-state index contributed by atoms with van der Waals surface area (Å²) in [5.41, 5.74) is 2.98. The van der Waals surface area contributed by atoms with E-state index in [0.29, 0.717) is 0 Å². The van der Waals surface area contributed by atoms with E-state index in [0.717, 1.165) is 40.8 Å². The Kier molecular flexibility index (Phi) is 6.50. The fraction of sp³-hybridized carbons (Fsp3) is 0.304. The van der Waals surface area contributed by atoms with Gasteiger partial charge < -0.3 is 4.74 Å². The van der Waals surface area contributed by atoms with Crippen LogP contribution in [0.1, 0.15) is 41.6 Å². The van der Waals surface area contributed by atoms with Crippen LogP contribution in [0.4, 0.5) is 0 Å². The fourth-order valence-electron chi connectivity index (χ4n) is 4.31. The lowest BCUT2D eigenvalue weighted by molar-refractivity contribution is -0.146. The smallest absolute Gasteiger partial charge is 0.323 e. The first-order chi connectivity index (χ1) is 14.7. The van der Waals surface area contributed by atoms with Crippen LogP contribution in [0.3, 0.4) is 0 Å². The maximum Gasteiger partial charge on any atom is 0.323 e. The predicted molar refractivity (Wildman–Crippen MR) is 117 cm³/mol. The Labute approximate surface area is 184 Å². The molecule has 4 heterocycles. The Bertz CT molecular complexity index is 947. The Morgan fingerprint density at radius 1 is 1.10 bits per heavy atom. The van der Waals surface area contributed by atoms with E-state index in [1.165, 1.54) is 7.11 Å². The number of likely N-dealkylation sites (tertiary alicyclic amines) is 1. The van der Waals surface area contributed by atoms with Crippen LogP contribution in [0.25, 0.3) is 0 Å². The standard InChI is InChI=1S/C23H23BrN4O2/c1-30-23(29)19-9-5-13-28(19)22(18-8-2-10-20(24)27-18)21(16-6-3-11-25-14-16)17-7-4-12-26-15-17/h2-4,6-8,10-12,14-15,19,21-22H,5,9,13H2,1H3. The molecule has 1 aliphatic heterocycles. The molecule has 0 radical (unpaired) electrons. The number of carbonyl (C=O) groups is 1. The molecule has 1 fully saturated rings. The number of pyridine rings is 3. The fourth-order valence-corrected chi connectivity index (χ4v) is 4.67. The third kappa shape index (κ3) is 4.27. The highest BCUT2D eigenvalue weighted by Gasteiger charge is 2.42. The normalized spacial score (nSPS) is 17.8. The molecule has 0 aliphatic carbocycles. The van der Waals surface area contributed by atoms with Crippen molar-refractivity contribution in [2.75, 3.05) is 13.7 Å². The predicted octanol–water partition coefficient (Wildman–Crippen LogP) is 4.14. The average molecular weight is 467 g/mol. The first-order valence-electron chi connectivity index (χ1n) is 9.95. The molecule has 3 aromatic heterocycles. The zero-order chi connectivity index (χ0) is 20.9. The van der Waals surface area contributed by atoms with Crippen molar-refractivity contribution in [3.05, 3.63) is 88.7 Å². The molecular weight excluding hydrogens is 444 g/mol. The molecule has 154 valence electrons. The maximum absolute atomic E-state index is 12.6. The quantitative estimate of drug-likeness (QED) is 0.401. The van der Waals surface area contributed by atoms with Crippen molar-refractivity contribution in [1.82, 2.24) is 19.9 Å². The summed E-state index contributed by atoms with van der Waals surface area (Å²) in [4.78, 5) is 28.3. The van der Waals surface area contributed by atoms with Gasteiger partial charge in [-0.15, -0.1) is 0 Å². The molecular formula is C23H23BrN4O2. The molecule has 30 heavy (non-hydrogen) atoms. The summed E-state index contributed by atoms with van der Waals surface area (Å²) in [7, 11) is 1.45. The zero-order valence-corrected chi connectivity index (χ0v) is 18.3. The average Bonchev–Trinajstić information content (AvgIpc) is 3.27. The van der Waals surface area contributed by atoms with Crippen LogP contribution < -0.4 is 0 Å². The number of aromatic nitrogens is 3. The van der Waals surface area contributed by atoms with Gasteiger partial charge in [0.05, 0.1) is 18.8 Å². The second-order valence-electron chi connectivity index (χ2n) is 7.30. The van der Waals surface area contributed by atoms with Gasteiger partial charge in [0, 0.05) is 30.7 Å². The van der Waals surface area contributed by atoms with Gasteiger partial charge >= 0.3 is 5.97 Å². The summed E-state index contributed by atoms with van der Waals surface area (Å²) in [6.45, 7) is 0.787. The summed E-state index contributed by atoms with van der Waals surface area (Å²) in [5, 5.41) is 0. The van der Waals surface area contributed by atoms with E-state index in [9.17, 15) is 4.79 Å². The number of rotatable bonds is 6. The molecule has 2 atom stereocenters. The second kappa shape index (κ2) is 9.45. The van der Waals surface area contributed by atoms with Gasteiger partial charge in [0.1, 0.15) is 10.6 Å². The van der Waals surface area contributed by atoms with Gasteiger partial charge in [0.2, 0.25) is 0 Å². The SMILES string of the molecule is COC(=O)C1CCCN1C(c1cccc(Br)n1)C(c1cccnc1)c1cccnc1. The van der Waals surface area contributed by atoms with E-state index >= 15 is 0 Å². The highest BCUT2D eigenvalue weighted by atomic mass is 79.9. The number of esters is 1. The summed E-state index contributed by atoms with van der Waals surface area (Å²) >= 11 is 3.51. The van der Waals surface area contributed by atoms with Crippen LogP contribution >= 0.6 is 15.9 Å². The van der Waals surface area contributed by atoms with Crippen molar-refractivity contribution in [2.45, 2.75) is 30.8 Å². The zero-order valence-electron chi connectivity index (χ0n) is 16.7. The second-order valence-corrected chi connectivity index (χ2v) is 8.11. The molecule has 0 aromatic carbocycles. The van der Waals surface area contributed by atoms with Gasteiger partial charge in [0.15, 0.2) is 0 Å². The molecule has 0 N–H and O–H groups in total. The molecule has 2 unspecified atom stereocenters. The van der Waals surface area contributed by atoms with E-state index < -0.39 is 0 Å². The summed E-state index contributed by atoms with van der Waals surface area (Å²) in [6, 6.07) is 13.4. The minimum absolute atomic E-state index is 0.0977. The first kappa shape index (κ1) is 20.6. The first-order valence-corrected chi connectivity index (χ1v) is 10.7. The maximum atomic E-state index is 12.6. The lowest BCUT2D eigenvalue weighted by Crippen LogP contribution is -2.42. The van der Waals surface area contributed by atoms with Crippen molar-refractivity contribution < 1.29 is 9.53 Å². The molecule has 4 rings (SSSR count). The number of hydrogen-bond acceptors (Lipinski definition) is 6. The van der Waals surface area contributed by atoms with E-state index in [2.05, 4.69) is 42.9 Å². The number of nitrogens with zero attached hydrogens (tertiary/aromatic N) is 4. The van der Waals surface area contributed by atoms with Crippen LogP contribution in [-0.4, -0.2) is 45.5 Å². The van der Waals surface area contributed by atoms with Gasteiger partial charge in [-0.05, 0) is 70.7 Å². The van der Waals surface area contributed by atoms with Gasteiger partial charge in [-0.25, -0.2) is 4.98 Å². The highest BCUT2D eigenvalue weighted by Crippen LogP contribution is 2.43. The number of ether oxygens (including phenoxy) is 1. The third-order valence-corrected chi connectivity index (χ3v) is 6.01. The lowest BCUT2D eigenvalue weighted by Gasteiger charge is -2.37. The molecule has 1 aliphatic rings. The molecule has 1 saturated heterocycles. The molecule has 3 aromatic rings. The van der Waals surface area contributed by atoms with Crippen LogP contribution in [-0.2, 0) is 9.53 Å². The molecule has 7 heteroatoms. The van der Waals surface area contributed by atoms with Crippen molar-refractivity contribution in [2.24, 2.45) is 0 Å².